The first kappa shape index (κ1) is 14.4. The molecule has 0 N–H and O–H groups in total. The lowest BCUT2D eigenvalue weighted by molar-refractivity contribution is 0.331. The van der Waals surface area contributed by atoms with E-state index in [1.807, 2.05) is 0 Å². The van der Waals surface area contributed by atoms with E-state index >= 15 is 0 Å². The number of allylic oxidation sites excluding steroid dienone is 1. The van der Waals surface area contributed by atoms with Crippen molar-refractivity contribution in [2.45, 2.75) is 72.1 Å². The number of hydrogen-bond donors (Lipinski definition) is 0. The van der Waals surface area contributed by atoms with Gasteiger partial charge in [0.25, 0.3) is 0 Å². The van der Waals surface area contributed by atoms with E-state index < -0.39 is 0 Å². The van der Waals surface area contributed by atoms with Crippen molar-refractivity contribution in [3.63, 3.8) is 0 Å². The van der Waals surface area contributed by atoms with Crippen LogP contribution in [0.25, 0.3) is 6.08 Å². The summed E-state index contributed by atoms with van der Waals surface area (Å²) in [7, 11) is 0. The highest BCUT2D eigenvalue weighted by Gasteiger charge is 2.37. The van der Waals surface area contributed by atoms with Gasteiger partial charge in [-0.3, -0.25) is 0 Å². The lowest BCUT2D eigenvalue weighted by atomic mass is 9.62. The van der Waals surface area contributed by atoms with Gasteiger partial charge < -0.3 is 0 Å². The average Bonchev–Trinajstić information content (AvgIpc) is 2.26. The molecule has 1 aliphatic carbocycles. The second-order valence-electron chi connectivity index (χ2n) is 7.74. The van der Waals surface area contributed by atoms with Gasteiger partial charge in [-0.25, -0.2) is 0 Å². The van der Waals surface area contributed by atoms with Gasteiger partial charge in [0.1, 0.15) is 0 Å². The van der Waals surface area contributed by atoms with Crippen LogP contribution in [0.5, 0.6) is 0 Å². The fourth-order valence-electron chi connectivity index (χ4n) is 3.21. The van der Waals surface area contributed by atoms with Crippen LogP contribution in [0.1, 0.15) is 76.6 Å². The molecule has 1 aromatic rings. The molecule has 0 saturated carbocycles. The van der Waals surface area contributed by atoms with E-state index in [0.717, 1.165) is 0 Å². The summed E-state index contributed by atoms with van der Waals surface area (Å²) in [6, 6.07) is 4.88. The van der Waals surface area contributed by atoms with Crippen LogP contribution in [0.4, 0.5) is 0 Å². The fourth-order valence-corrected chi connectivity index (χ4v) is 3.21. The lowest BCUT2D eigenvalue weighted by Gasteiger charge is -2.42. The summed E-state index contributed by atoms with van der Waals surface area (Å²) in [6.45, 7) is 16.2. The summed E-state index contributed by atoms with van der Waals surface area (Å²) in [5.41, 5.74) is 7.92. The Labute approximate surface area is 118 Å². The van der Waals surface area contributed by atoms with Crippen LogP contribution in [-0.2, 0) is 10.8 Å². The Kier molecular flexibility index (Phi) is 3.41. The zero-order valence-corrected chi connectivity index (χ0v) is 13.6. The molecule has 0 nitrogen and oxygen atoms in total. The maximum Gasteiger partial charge on any atom is -0.0100 e. The first-order valence-electron chi connectivity index (χ1n) is 7.44. The normalized spacial score (nSPS) is 19.7. The van der Waals surface area contributed by atoms with E-state index in [9.17, 15) is 0 Å². The van der Waals surface area contributed by atoms with Crippen LogP contribution in [0.3, 0.4) is 0 Å². The van der Waals surface area contributed by atoms with E-state index in [2.05, 4.69) is 66.7 Å². The summed E-state index contributed by atoms with van der Waals surface area (Å²) < 4.78 is 0. The molecule has 0 atom stereocenters. The highest BCUT2D eigenvalue weighted by atomic mass is 14.4. The van der Waals surface area contributed by atoms with Crippen molar-refractivity contribution in [2.24, 2.45) is 0 Å². The molecule has 0 radical (unpaired) electrons. The van der Waals surface area contributed by atoms with E-state index in [4.69, 9.17) is 0 Å². The summed E-state index contributed by atoms with van der Waals surface area (Å²) in [6.07, 6.45) is 4.88. The zero-order valence-electron chi connectivity index (χ0n) is 13.6. The number of benzene rings is 1. The molecule has 0 fully saturated rings. The Hall–Kier alpha value is -1.04. The zero-order chi connectivity index (χ0) is 14.4. The molecule has 0 bridgehead atoms. The number of hydrogen-bond acceptors (Lipinski definition) is 0. The molecule has 19 heavy (non-hydrogen) atoms. The Morgan fingerprint density at radius 1 is 0.947 bits per heavy atom. The van der Waals surface area contributed by atoms with Crippen LogP contribution in [0, 0.1) is 6.92 Å². The second kappa shape index (κ2) is 4.51. The third-order valence-electron chi connectivity index (χ3n) is 4.68. The summed E-state index contributed by atoms with van der Waals surface area (Å²) in [5, 5.41) is 0. The van der Waals surface area contributed by atoms with Gasteiger partial charge in [0.2, 0.25) is 0 Å². The SMILES string of the molecule is CC(C)=Cc1cc2c(cc1C)C(C)(C)CCC2(C)C. The van der Waals surface area contributed by atoms with E-state index in [-0.39, 0.29) is 0 Å². The van der Waals surface area contributed by atoms with Crippen molar-refractivity contribution in [1.82, 2.24) is 0 Å². The molecule has 0 unspecified atom stereocenters. The first-order valence-corrected chi connectivity index (χ1v) is 7.44. The fraction of sp³-hybridized carbons (Fsp3) is 0.579. The van der Waals surface area contributed by atoms with E-state index in [1.54, 1.807) is 11.1 Å². The summed E-state index contributed by atoms with van der Waals surface area (Å²) >= 11 is 0. The number of rotatable bonds is 1. The smallest absolute Gasteiger partial charge is 0.0100 e. The van der Waals surface area contributed by atoms with Crippen molar-refractivity contribution in [3.05, 3.63) is 40.0 Å². The van der Waals surface area contributed by atoms with Crippen molar-refractivity contribution >= 4 is 6.08 Å². The molecule has 0 spiro atoms. The highest BCUT2D eigenvalue weighted by molar-refractivity contribution is 5.60. The standard InChI is InChI=1S/C19H28/c1-13(2)10-15-12-17-16(11-14(15)3)18(4,5)8-9-19(17,6)7/h10-12H,8-9H2,1-7H3. The van der Waals surface area contributed by atoms with Crippen LogP contribution in [0.2, 0.25) is 0 Å². The molecule has 0 heteroatoms. The highest BCUT2D eigenvalue weighted by Crippen LogP contribution is 2.46. The van der Waals surface area contributed by atoms with Gasteiger partial charge in [-0.05, 0) is 66.7 Å². The molecular formula is C19H28. The third kappa shape index (κ3) is 2.63. The van der Waals surface area contributed by atoms with Gasteiger partial charge in [0.05, 0.1) is 0 Å². The third-order valence-corrected chi connectivity index (χ3v) is 4.68. The van der Waals surface area contributed by atoms with Crippen molar-refractivity contribution in [2.75, 3.05) is 0 Å². The Morgan fingerprint density at radius 3 is 1.89 bits per heavy atom. The van der Waals surface area contributed by atoms with E-state index in [0.29, 0.717) is 10.8 Å². The van der Waals surface area contributed by atoms with Gasteiger partial charge in [0.15, 0.2) is 0 Å². The Balaban J connectivity index is 2.68. The molecule has 0 saturated heterocycles. The van der Waals surface area contributed by atoms with Gasteiger partial charge in [0, 0.05) is 0 Å². The molecule has 0 aromatic heterocycles. The van der Waals surface area contributed by atoms with Crippen LogP contribution < -0.4 is 0 Å². The maximum atomic E-state index is 2.44. The number of fused-ring (bicyclic) bond motifs is 1. The van der Waals surface area contributed by atoms with Crippen molar-refractivity contribution < 1.29 is 0 Å². The molecule has 0 aliphatic heterocycles. The van der Waals surface area contributed by atoms with Gasteiger partial charge >= 0.3 is 0 Å². The Bertz CT molecular complexity index is 523. The average molecular weight is 256 g/mol. The largest absolute Gasteiger partial charge is 0.0758 e. The topological polar surface area (TPSA) is 0 Å². The monoisotopic (exact) mass is 256 g/mol. The minimum atomic E-state index is 0.308. The van der Waals surface area contributed by atoms with Crippen molar-refractivity contribution in [3.8, 4) is 0 Å². The summed E-state index contributed by atoms with van der Waals surface area (Å²) in [4.78, 5) is 0. The van der Waals surface area contributed by atoms with E-state index in [1.165, 1.54) is 29.5 Å². The maximum absolute atomic E-state index is 2.44. The first-order chi connectivity index (χ1) is 8.63. The number of aryl methyl sites for hydroxylation is 1. The molecule has 0 heterocycles. The minimum absolute atomic E-state index is 0.308. The second-order valence-corrected chi connectivity index (χ2v) is 7.74. The lowest BCUT2D eigenvalue weighted by Crippen LogP contribution is -2.34. The molecule has 1 aliphatic rings. The molecule has 0 amide bonds. The van der Waals surface area contributed by atoms with Gasteiger partial charge in [-0.2, -0.15) is 0 Å². The minimum Gasteiger partial charge on any atom is -0.0758 e. The van der Waals surface area contributed by atoms with Gasteiger partial charge in [-0.1, -0.05) is 51.5 Å². The summed E-state index contributed by atoms with van der Waals surface area (Å²) in [5.74, 6) is 0. The molecular weight excluding hydrogens is 228 g/mol. The van der Waals surface area contributed by atoms with Crippen LogP contribution >= 0.6 is 0 Å². The van der Waals surface area contributed by atoms with Crippen LogP contribution in [0.15, 0.2) is 17.7 Å². The Morgan fingerprint density at radius 2 is 1.42 bits per heavy atom. The van der Waals surface area contributed by atoms with Crippen LogP contribution in [-0.4, -0.2) is 0 Å². The predicted molar refractivity (Wildman–Crippen MR) is 85.8 cm³/mol. The molecule has 2 rings (SSSR count). The predicted octanol–water partition coefficient (Wildman–Crippen LogP) is 5.77. The quantitative estimate of drug-likeness (QED) is 0.598. The molecule has 1 aromatic carbocycles. The van der Waals surface area contributed by atoms with Gasteiger partial charge in [-0.15, -0.1) is 0 Å². The van der Waals surface area contributed by atoms with Crippen molar-refractivity contribution in [1.29, 1.82) is 0 Å². The molecule has 104 valence electrons.